The lowest BCUT2D eigenvalue weighted by molar-refractivity contribution is -0.115. The minimum atomic E-state index is -0.430. The number of rotatable bonds is 2. The number of anilines is 1. The lowest BCUT2D eigenvalue weighted by atomic mass is 10.3. The summed E-state index contributed by atoms with van der Waals surface area (Å²) in [5, 5.41) is 2.46. The van der Waals surface area contributed by atoms with E-state index in [4.69, 9.17) is 4.74 Å². The van der Waals surface area contributed by atoms with Crippen LogP contribution < -0.4 is 15.0 Å². The Kier molecular flexibility index (Phi) is 3.39. The molecule has 0 spiro atoms. The highest BCUT2D eigenvalue weighted by molar-refractivity contribution is 9.11. The van der Waals surface area contributed by atoms with Crippen LogP contribution in [0.4, 0.5) is 10.5 Å². The summed E-state index contributed by atoms with van der Waals surface area (Å²) < 4.78 is 6.51. The van der Waals surface area contributed by atoms with Crippen molar-refractivity contribution in [1.82, 2.24) is 5.32 Å². The van der Waals surface area contributed by atoms with Gasteiger partial charge in [0, 0.05) is 10.5 Å². The molecule has 5 nitrogen and oxygen atoms in total. The molecule has 3 amide bonds. The molecule has 1 aliphatic rings. The molecule has 2 rings (SSSR count). The largest absolute Gasteiger partial charge is 0.495 e. The van der Waals surface area contributed by atoms with Crippen molar-refractivity contribution in [3.8, 4) is 5.75 Å². The smallest absolute Gasteiger partial charge is 0.329 e. The lowest BCUT2D eigenvalue weighted by Gasteiger charge is -2.16. The number of carbonyl (C=O) groups excluding carboxylic acids is 2. The SMILES string of the molecule is COc1cc(N2C(=O)CNC2=O)c(Br)cc1Br. The number of carbonyl (C=O) groups is 2. The van der Waals surface area contributed by atoms with Gasteiger partial charge in [0.2, 0.25) is 0 Å². The third-order valence-corrected chi connectivity index (χ3v) is 3.56. The number of benzene rings is 1. The Balaban J connectivity index is 2.51. The average Bonchev–Trinajstić information content (AvgIpc) is 2.60. The Morgan fingerprint density at radius 2 is 2.00 bits per heavy atom. The molecular weight excluding hydrogens is 356 g/mol. The Labute approximate surface area is 114 Å². The molecule has 0 aliphatic carbocycles. The second-order valence-electron chi connectivity index (χ2n) is 3.33. The molecule has 1 saturated heterocycles. The molecular formula is C10H8Br2N2O3. The highest BCUT2D eigenvalue weighted by Crippen LogP contribution is 2.37. The molecule has 0 bridgehead atoms. The maximum Gasteiger partial charge on any atom is 0.329 e. The maximum atomic E-state index is 11.6. The van der Waals surface area contributed by atoms with Gasteiger partial charge in [-0.2, -0.15) is 0 Å². The number of hydrogen-bond donors (Lipinski definition) is 1. The highest BCUT2D eigenvalue weighted by Gasteiger charge is 2.31. The van der Waals surface area contributed by atoms with Crippen molar-refractivity contribution in [2.24, 2.45) is 0 Å². The molecule has 1 heterocycles. The summed E-state index contributed by atoms with van der Waals surface area (Å²) in [6.45, 7) is 0.0175. The number of nitrogens with zero attached hydrogens (tertiary/aromatic N) is 1. The molecule has 0 atom stereocenters. The van der Waals surface area contributed by atoms with Crippen molar-refractivity contribution in [1.29, 1.82) is 0 Å². The summed E-state index contributed by atoms with van der Waals surface area (Å²) in [7, 11) is 1.52. The van der Waals surface area contributed by atoms with E-state index in [2.05, 4.69) is 37.2 Å². The monoisotopic (exact) mass is 362 g/mol. The van der Waals surface area contributed by atoms with Crippen LogP contribution in [0.3, 0.4) is 0 Å². The van der Waals surface area contributed by atoms with Gasteiger partial charge in [0.1, 0.15) is 5.75 Å². The van der Waals surface area contributed by atoms with Crippen LogP contribution >= 0.6 is 31.9 Å². The van der Waals surface area contributed by atoms with Crippen molar-refractivity contribution in [3.63, 3.8) is 0 Å². The van der Waals surface area contributed by atoms with Crippen LogP contribution in [0.5, 0.6) is 5.75 Å². The van der Waals surface area contributed by atoms with E-state index in [0.717, 1.165) is 9.37 Å². The predicted molar refractivity (Wildman–Crippen MR) is 69.3 cm³/mol. The number of hydrogen-bond acceptors (Lipinski definition) is 3. The first-order valence-corrected chi connectivity index (χ1v) is 6.27. The Morgan fingerprint density at radius 3 is 2.53 bits per heavy atom. The van der Waals surface area contributed by atoms with E-state index < -0.39 is 6.03 Å². The molecule has 1 aliphatic heterocycles. The fourth-order valence-corrected chi connectivity index (χ4v) is 2.85. The van der Waals surface area contributed by atoms with Gasteiger partial charge in [-0.15, -0.1) is 0 Å². The maximum absolute atomic E-state index is 11.6. The first kappa shape index (κ1) is 12.4. The summed E-state index contributed by atoms with van der Waals surface area (Å²) in [6.07, 6.45) is 0. The van der Waals surface area contributed by atoms with Crippen molar-refractivity contribution >= 4 is 49.5 Å². The van der Waals surface area contributed by atoms with Gasteiger partial charge < -0.3 is 10.1 Å². The third-order valence-electron chi connectivity index (χ3n) is 2.31. The minimum absolute atomic E-state index is 0.0175. The second-order valence-corrected chi connectivity index (χ2v) is 5.03. The van der Waals surface area contributed by atoms with E-state index in [0.29, 0.717) is 15.9 Å². The van der Waals surface area contributed by atoms with E-state index in [1.165, 1.54) is 7.11 Å². The molecule has 1 N–H and O–H groups in total. The highest BCUT2D eigenvalue weighted by atomic mass is 79.9. The first-order valence-electron chi connectivity index (χ1n) is 4.68. The zero-order chi connectivity index (χ0) is 12.6. The number of halogens is 2. The van der Waals surface area contributed by atoms with Crippen LogP contribution in [-0.4, -0.2) is 25.6 Å². The number of urea groups is 1. The molecule has 0 radical (unpaired) electrons. The van der Waals surface area contributed by atoms with E-state index >= 15 is 0 Å². The molecule has 7 heteroatoms. The minimum Gasteiger partial charge on any atom is -0.495 e. The first-order chi connectivity index (χ1) is 8.04. The molecule has 1 aromatic carbocycles. The summed E-state index contributed by atoms with van der Waals surface area (Å²) >= 11 is 6.64. The van der Waals surface area contributed by atoms with Gasteiger partial charge in [-0.3, -0.25) is 4.79 Å². The van der Waals surface area contributed by atoms with Crippen molar-refractivity contribution in [2.75, 3.05) is 18.6 Å². The van der Waals surface area contributed by atoms with Crippen LogP contribution in [0.25, 0.3) is 0 Å². The van der Waals surface area contributed by atoms with Crippen LogP contribution in [0, 0.1) is 0 Å². The average molecular weight is 364 g/mol. The van der Waals surface area contributed by atoms with Gasteiger partial charge in [-0.25, -0.2) is 9.69 Å². The fraction of sp³-hybridized carbons (Fsp3) is 0.200. The van der Waals surface area contributed by atoms with E-state index in [9.17, 15) is 9.59 Å². The zero-order valence-corrected chi connectivity index (χ0v) is 12.0. The van der Waals surface area contributed by atoms with Gasteiger partial charge in [0.15, 0.2) is 0 Å². The van der Waals surface area contributed by atoms with Gasteiger partial charge in [-0.05, 0) is 37.9 Å². The molecule has 90 valence electrons. The van der Waals surface area contributed by atoms with Gasteiger partial charge >= 0.3 is 6.03 Å². The molecule has 1 fully saturated rings. The topological polar surface area (TPSA) is 58.6 Å². The normalized spacial score (nSPS) is 15.1. The number of imide groups is 1. The second kappa shape index (κ2) is 4.66. The lowest BCUT2D eigenvalue weighted by Crippen LogP contribution is -2.30. The summed E-state index contributed by atoms with van der Waals surface area (Å²) in [4.78, 5) is 24.2. The Morgan fingerprint density at radius 1 is 1.29 bits per heavy atom. The Hall–Kier alpha value is -1.08. The van der Waals surface area contributed by atoms with Gasteiger partial charge in [0.25, 0.3) is 5.91 Å². The third kappa shape index (κ3) is 2.16. The zero-order valence-electron chi connectivity index (χ0n) is 8.79. The number of methoxy groups -OCH3 is 1. The fourth-order valence-electron chi connectivity index (χ4n) is 1.51. The van der Waals surface area contributed by atoms with Crippen molar-refractivity contribution in [2.45, 2.75) is 0 Å². The number of ether oxygens (including phenoxy) is 1. The van der Waals surface area contributed by atoms with Gasteiger partial charge in [0.05, 0.1) is 23.8 Å². The molecule has 0 aromatic heterocycles. The molecule has 17 heavy (non-hydrogen) atoms. The van der Waals surface area contributed by atoms with Crippen LogP contribution in [-0.2, 0) is 4.79 Å². The molecule has 1 aromatic rings. The number of amides is 3. The standard InChI is InChI=1S/C10H8Br2N2O3/c1-17-8-3-7(5(11)2-6(8)12)14-9(15)4-13-10(14)16/h2-3H,4H2,1H3,(H,13,16). The Bertz CT molecular complexity index is 489. The van der Waals surface area contributed by atoms with Crippen molar-refractivity contribution in [3.05, 3.63) is 21.1 Å². The summed E-state index contributed by atoms with van der Waals surface area (Å²) in [6, 6.07) is 2.92. The van der Waals surface area contributed by atoms with Crippen LogP contribution in [0.1, 0.15) is 0 Å². The van der Waals surface area contributed by atoms with E-state index in [1.807, 2.05) is 0 Å². The molecule has 0 saturated carbocycles. The van der Waals surface area contributed by atoms with Gasteiger partial charge in [-0.1, -0.05) is 0 Å². The number of nitrogens with one attached hydrogen (secondary N) is 1. The van der Waals surface area contributed by atoms with Crippen LogP contribution in [0.15, 0.2) is 21.1 Å². The van der Waals surface area contributed by atoms with E-state index in [-0.39, 0.29) is 12.5 Å². The van der Waals surface area contributed by atoms with Crippen molar-refractivity contribution < 1.29 is 14.3 Å². The predicted octanol–water partition coefficient (Wildman–Crippen LogP) is 2.28. The van der Waals surface area contributed by atoms with Crippen LogP contribution in [0.2, 0.25) is 0 Å². The quantitative estimate of drug-likeness (QED) is 0.820. The molecule has 0 unspecified atom stereocenters. The summed E-state index contributed by atoms with van der Waals surface area (Å²) in [5.41, 5.74) is 0.463. The summed E-state index contributed by atoms with van der Waals surface area (Å²) in [5.74, 6) is 0.260. The van der Waals surface area contributed by atoms with E-state index in [1.54, 1.807) is 12.1 Å².